The summed E-state index contributed by atoms with van der Waals surface area (Å²) in [6.07, 6.45) is 3.68. The minimum atomic E-state index is 0.204. The topological polar surface area (TPSA) is 38.1 Å². The van der Waals surface area contributed by atoms with E-state index in [-0.39, 0.29) is 5.92 Å². The number of furan rings is 1. The van der Waals surface area contributed by atoms with E-state index in [0.717, 1.165) is 23.2 Å². The van der Waals surface area contributed by atoms with E-state index >= 15 is 0 Å². The zero-order valence-electron chi connectivity index (χ0n) is 10.8. The zero-order valence-corrected chi connectivity index (χ0v) is 10.8. The number of aromatic nitrogens is 1. The molecule has 1 N–H and O–H groups in total. The summed E-state index contributed by atoms with van der Waals surface area (Å²) in [4.78, 5) is 4.48. The lowest BCUT2D eigenvalue weighted by atomic mass is 9.94. The molecule has 0 spiro atoms. The summed E-state index contributed by atoms with van der Waals surface area (Å²) in [7, 11) is 1.96. The molecule has 3 aromatic rings. The average molecular weight is 252 g/mol. The van der Waals surface area contributed by atoms with Gasteiger partial charge in [-0.25, -0.2) is 0 Å². The zero-order chi connectivity index (χ0) is 13.1. The monoisotopic (exact) mass is 252 g/mol. The quantitative estimate of drug-likeness (QED) is 0.775. The SMILES string of the molecule is CNCC(c1ccccn1)c1coc2ccccc12. The van der Waals surface area contributed by atoms with Crippen molar-refractivity contribution in [2.75, 3.05) is 13.6 Å². The van der Waals surface area contributed by atoms with Crippen LogP contribution in [0.5, 0.6) is 0 Å². The van der Waals surface area contributed by atoms with Gasteiger partial charge < -0.3 is 9.73 Å². The Bertz CT molecular complexity index is 661. The van der Waals surface area contributed by atoms with Crippen molar-refractivity contribution in [2.24, 2.45) is 0 Å². The molecular formula is C16H16N2O. The molecule has 0 saturated carbocycles. The number of benzene rings is 1. The van der Waals surface area contributed by atoms with E-state index in [1.54, 1.807) is 0 Å². The summed E-state index contributed by atoms with van der Waals surface area (Å²) in [5, 5.41) is 4.40. The third-order valence-corrected chi connectivity index (χ3v) is 3.34. The van der Waals surface area contributed by atoms with Crippen LogP contribution in [0.15, 0.2) is 59.3 Å². The minimum Gasteiger partial charge on any atom is -0.464 e. The molecule has 0 aliphatic rings. The van der Waals surface area contributed by atoms with Crippen molar-refractivity contribution in [1.29, 1.82) is 0 Å². The van der Waals surface area contributed by atoms with Crippen LogP contribution in [-0.4, -0.2) is 18.6 Å². The number of rotatable bonds is 4. The molecule has 0 fully saturated rings. The maximum Gasteiger partial charge on any atom is 0.134 e. The van der Waals surface area contributed by atoms with Crippen molar-refractivity contribution in [3.63, 3.8) is 0 Å². The number of nitrogens with zero attached hydrogens (tertiary/aromatic N) is 1. The molecule has 3 nitrogen and oxygen atoms in total. The summed E-state index contributed by atoms with van der Waals surface area (Å²) < 4.78 is 5.64. The predicted molar refractivity (Wildman–Crippen MR) is 76.2 cm³/mol. The van der Waals surface area contributed by atoms with Crippen LogP contribution in [0, 0.1) is 0 Å². The molecule has 0 aliphatic heterocycles. The first kappa shape index (κ1) is 11.9. The lowest BCUT2D eigenvalue weighted by molar-refractivity contribution is 0.600. The van der Waals surface area contributed by atoms with Crippen LogP contribution in [0.25, 0.3) is 11.0 Å². The summed E-state index contributed by atoms with van der Waals surface area (Å²) >= 11 is 0. The summed E-state index contributed by atoms with van der Waals surface area (Å²) in [6.45, 7) is 0.834. The van der Waals surface area contributed by atoms with Crippen molar-refractivity contribution in [3.8, 4) is 0 Å². The number of hydrogen-bond donors (Lipinski definition) is 1. The maximum atomic E-state index is 5.64. The first-order valence-electron chi connectivity index (χ1n) is 6.42. The van der Waals surface area contributed by atoms with Gasteiger partial charge in [0.2, 0.25) is 0 Å². The first-order valence-corrected chi connectivity index (χ1v) is 6.42. The lowest BCUT2D eigenvalue weighted by Crippen LogP contribution is -2.18. The Hall–Kier alpha value is -2.13. The minimum absolute atomic E-state index is 0.204. The molecule has 2 heterocycles. The van der Waals surface area contributed by atoms with E-state index in [1.165, 1.54) is 5.56 Å². The van der Waals surface area contributed by atoms with Gasteiger partial charge in [-0.05, 0) is 25.2 Å². The van der Waals surface area contributed by atoms with Crippen molar-refractivity contribution in [3.05, 3.63) is 66.2 Å². The summed E-state index contributed by atoms with van der Waals surface area (Å²) in [5.74, 6) is 0.204. The van der Waals surface area contributed by atoms with Gasteiger partial charge in [0.05, 0.1) is 6.26 Å². The normalized spacial score (nSPS) is 12.7. The fourth-order valence-electron chi connectivity index (χ4n) is 2.43. The summed E-state index contributed by atoms with van der Waals surface area (Å²) in [5.41, 5.74) is 3.17. The number of hydrogen-bond acceptors (Lipinski definition) is 3. The average Bonchev–Trinajstić information content (AvgIpc) is 2.89. The van der Waals surface area contributed by atoms with E-state index in [2.05, 4.69) is 22.4 Å². The van der Waals surface area contributed by atoms with E-state index in [1.807, 2.05) is 49.8 Å². The predicted octanol–water partition coefficient (Wildman–Crippen LogP) is 3.18. The van der Waals surface area contributed by atoms with Gasteiger partial charge in [-0.2, -0.15) is 0 Å². The van der Waals surface area contributed by atoms with Gasteiger partial charge in [0.15, 0.2) is 0 Å². The molecule has 1 aromatic carbocycles. The summed E-state index contributed by atoms with van der Waals surface area (Å²) in [6, 6.07) is 14.1. The Balaban J connectivity index is 2.10. The molecule has 3 heteroatoms. The molecule has 1 atom stereocenters. The standard InChI is InChI=1S/C16H16N2O/c1-17-10-13(15-7-4-5-9-18-15)14-11-19-16-8-3-2-6-12(14)16/h2-9,11,13,17H,10H2,1H3. The van der Waals surface area contributed by atoms with Crippen LogP contribution < -0.4 is 5.32 Å². The molecule has 0 aliphatic carbocycles. The Morgan fingerprint density at radius 1 is 1.16 bits per heavy atom. The van der Waals surface area contributed by atoms with Crippen LogP contribution in [0.1, 0.15) is 17.2 Å². The fraction of sp³-hybridized carbons (Fsp3) is 0.188. The van der Waals surface area contributed by atoms with Crippen LogP contribution >= 0.6 is 0 Å². The van der Waals surface area contributed by atoms with E-state index in [4.69, 9.17) is 4.42 Å². The van der Waals surface area contributed by atoms with Gasteiger partial charge in [0.1, 0.15) is 5.58 Å². The van der Waals surface area contributed by atoms with Crippen molar-refractivity contribution in [2.45, 2.75) is 5.92 Å². The number of likely N-dealkylation sites (N-methyl/N-ethyl adjacent to an activating group) is 1. The molecule has 1 unspecified atom stereocenters. The Kier molecular flexibility index (Phi) is 3.29. The molecule has 0 bridgehead atoms. The number of fused-ring (bicyclic) bond motifs is 1. The van der Waals surface area contributed by atoms with Crippen LogP contribution in [0.3, 0.4) is 0 Å². The van der Waals surface area contributed by atoms with Gasteiger partial charge in [0, 0.05) is 35.3 Å². The van der Waals surface area contributed by atoms with Crippen LogP contribution in [-0.2, 0) is 0 Å². The highest BCUT2D eigenvalue weighted by molar-refractivity contribution is 5.81. The van der Waals surface area contributed by atoms with Gasteiger partial charge in [-0.3, -0.25) is 4.98 Å². The maximum absolute atomic E-state index is 5.64. The molecule has 0 amide bonds. The fourth-order valence-corrected chi connectivity index (χ4v) is 2.43. The largest absolute Gasteiger partial charge is 0.464 e. The van der Waals surface area contributed by atoms with Gasteiger partial charge in [0.25, 0.3) is 0 Å². The third-order valence-electron chi connectivity index (χ3n) is 3.34. The highest BCUT2D eigenvalue weighted by atomic mass is 16.3. The van der Waals surface area contributed by atoms with Gasteiger partial charge in [-0.1, -0.05) is 24.3 Å². The highest BCUT2D eigenvalue weighted by Gasteiger charge is 2.19. The van der Waals surface area contributed by atoms with Gasteiger partial charge in [-0.15, -0.1) is 0 Å². The lowest BCUT2D eigenvalue weighted by Gasteiger charge is -2.14. The molecule has 2 aromatic heterocycles. The van der Waals surface area contributed by atoms with Crippen molar-refractivity contribution in [1.82, 2.24) is 10.3 Å². The number of nitrogens with one attached hydrogen (secondary N) is 1. The molecule has 0 radical (unpaired) electrons. The Morgan fingerprint density at radius 3 is 2.79 bits per heavy atom. The van der Waals surface area contributed by atoms with E-state index in [9.17, 15) is 0 Å². The van der Waals surface area contributed by atoms with Crippen LogP contribution in [0.4, 0.5) is 0 Å². The molecule has 3 rings (SSSR count). The van der Waals surface area contributed by atoms with Crippen molar-refractivity contribution < 1.29 is 4.42 Å². The third kappa shape index (κ3) is 2.25. The molecular weight excluding hydrogens is 236 g/mol. The van der Waals surface area contributed by atoms with E-state index < -0.39 is 0 Å². The van der Waals surface area contributed by atoms with Gasteiger partial charge >= 0.3 is 0 Å². The highest BCUT2D eigenvalue weighted by Crippen LogP contribution is 2.30. The molecule has 19 heavy (non-hydrogen) atoms. The second kappa shape index (κ2) is 5.24. The first-order chi connectivity index (χ1) is 9.40. The number of para-hydroxylation sites is 1. The van der Waals surface area contributed by atoms with Crippen molar-refractivity contribution >= 4 is 11.0 Å². The second-order valence-corrected chi connectivity index (χ2v) is 4.55. The second-order valence-electron chi connectivity index (χ2n) is 4.55. The van der Waals surface area contributed by atoms with Crippen LogP contribution in [0.2, 0.25) is 0 Å². The Labute approximate surface area is 112 Å². The smallest absolute Gasteiger partial charge is 0.134 e. The molecule has 96 valence electrons. The molecule has 0 saturated heterocycles. The van der Waals surface area contributed by atoms with E-state index in [0.29, 0.717) is 0 Å². The Morgan fingerprint density at radius 2 is 2.00 bits per heavy atom. The number of pyridine rings is 1.